The van der Waals surface area contributed by atoms with Gasteiger partial charge in [-0.2, -0.15) is 0 Å². The number of nitro benzene ring substituents is 1. The number of anilines is 2. The third-order valence-electron chi connectivity index (χ3n) is 11.3. The summed E-state index contributed by atoms with van der Waals surface area (Å²) in [6, 6.07) is 20.4. The first-order chi connectivity index (χ1) is 25.0. The highest BCUT2D eigenvalue weighted by Crippen LogP contribution is 2.60. The van der Waals surface area contributed by atoms with Crippen molar-refractivity contribution in [2.75, 3.05) is 30.1 Å². The lowest BCUT2D eigenvalue weighted by molar-refractivity contribution is -0.385. The normalized spacial score (nSPS) is 22.8. The highest BCUT2D eigenvalue weighted by Gasteiger charge is 2.66. The summed E-state index contributed by atoms with van der Waals surface area (Å²) in [6.07, 6.45) is 3.65. The Bertz CT molecular complexity index is 2000. The van der Waals surface area contributed by atoms with Crippen molar-refractivity contribution in [2.24, 2.45) is 5.92 Å². The van der Waals surface area contributed by atoms with Crippen LogP contribution >= 0.6 is 0 Å². The molecule has 0 bridgehead atoms. The molecule has 3 aliphatic heterocycles. The number of ether oxygens (including phenoxy) is 2. The van der Waals surface area contributed by atoms with E-state index in [1.807, 2.05) is 42.6 Å². The maximum absolute atomic E-state index is 15.2. The second-order valence-corrected chi connectivity index (χ2v) is 19.2. The van der Waals surface area contributed by atoms with Gasteiger partial charge in [-0.15, -0.1) is 5.10 Å². The molecule has 4 atom stereocenters. The average molecular weight is 725 g/mol. The third-order valence-corrected chi connectivity index (χ3v) is 15.6. The van der Waals surface area contributed by atoms with Crippen LogP contribution in [0.25, 0.3) is 0 Å². The predicted molar refractivity (Wildman–Crippen MR) is 197 cm³/mol. The maximum Gasteiger partial charge on any atom is 0.269 e. The molecule has 52 heavy (non-hydrogen) atoms. The summed E-state index contributed by atoms with van der Waals surface area (Å²) in [6.45, 7) is 7.93. The molecule has 4 aromatic rings. The molecule has 4 heterocycles. The molecule has 13 nitrogen and oxygen atoms in total. The van der Waals surface area contributed by atoms with E-state index in [-0.39, 0.29) is 42.1 Å². The molecule has 1 aromatic heterocycles. The SMILES string of the molecule is COc1ccc([Si](C)(C)[C@H]2[C@H](CCn3cc(CCO)nn3)O[C@@]3(C(=O)N(Cc4cccc(N5CCCC5=O)c4)c4ccc([N+](=O)[O-])cc43)[C@@H]2C)cc1. The summed E-state index contributed by atoms with van der Waals surface area (Å²) in [7, 11) is -0.824. The van der Waals surface area contributed by atoms with Crippen molar-refractivity contribution in [1.29, 1.82) is 0 Å². The zero-order valence-corrected chi connectivity index (χ0v) is 30.9. The lowest BCUT2D eigenvalue weighted by Crippen LogP contribution is -2.51. The second-order valence-electron chi connectivity index (χ2n) is 14.6. The van der Waals surface area contributed by atoms with Crippen molar-refractivity contribution in [1.82, 2.24) is 15.0 Å². The molecule has 0 saturated carbocycles. The van der Waals surface area contributed by atoms with Crippen molar-refractivity contribution in [3.8, 4) is 5.75 Å². The molecule has 2 saturated heterocycles. The molecule has 3 aromatic carbocycles. The van der Waals surface area contributed by atoms with Crippen LogP contribution < -0.4 is 19.7 Å². The number of hydrogen-bond donors (Lipinski definition) is 1. The van der Waals surface area contributed by atoms with Crippen LogP contribution in [-0.2, 0) is 39.4 Å². The highest BCUT2D eigenvalue weighted by molar-refractivity contribution is 6.91. The lowest BCUT2D eigenvalue weighted by Gasteiger charge is -2.37. The Morgan fingerprint density at radius 3 is 2.60 bits per heavy atom. The Kier molecular flexibility index (Phi) is 9.48. The second kappa shape index (κ2) is 13.9. The van der Waals surface area contributed by atoms with Gasteiger partial charge in [0.2, 0.25) is 5.91 Å². The topological polar surface area (TPSA) is 153 Å². The van der Waals surface area contributed by atoms with Gasteiger partial charge < -0.3 is 24.4 Å². The summed E-state index contributed by atoms with van der Waals surface area (Å²) in [5, 5.41) is 31.2. The number of fused-ring (bicyclic) bond motifs is 2. The fraction of sp³-hybridized carbons (Fsp3) is 0.421. The standard InChI is InChI=1S/C38H44N6O7Si/c1-25-36(52(3,4)31-13-11-30(50-2)12-14-31)34(16-19-41-24-27(17-20-45)39-40-41)51-38(25)32-22-29(44(48)49)10-15-33(32)43(37(38)47)23-26-7-5-8-28(21-26)42-18-6-9-35(42)46/h5,7-8,10-15,21-22,24-25,34,36,45H,6,9,16-20,23H2,1-4H3/t25-,34+,36-,38+/m1/s1. The fourth-order valence-corrected chi connectivity index (χ4v) is 12.8. The van der Waals surface area contributed by atoms with Crippen molar-refractivity contribution in [2.45, 2.75) is 76.0 Å². The summed E-state index contributed by atoms with van der Waals surface area (Å²) in [5.41, 5.74) is 1.74. The maximum atomic E-state index is 15.2. The molecule has 272 valence electrons. The highest BCUT2D eigenvalue weighted by atomic mass is 28.3. The lowest BCUT2D eigenvalue weighted by atomic mass is 9.82. The van der Waals surface area contributed by atoms with Crippen molar-refractivity contribution in [3.05, 3.63) is 99.9 Å². The average Bonchev–Trinajstić information content (AvgIpc) is 3.90. The first-order valence-electron chi connectivity index (χ1n) is 17.8. The molecule has 14 heteroatoms. The van der Waals surface area contributed by atoms with Crippen LogP contribution in [-0.4, -0.2) is 71.3 Å². The van der Waals surface area contributed by atoms with Gasteiger partial charge in [0.05, 0.1) is 44.1 Å². The van der Waals surface area contributed by atoms with Crippen LogP contribution in [0.5, 0.6) is 5.75 Å². The molecule has 0 aliphatic carbocycles. The first-order valence-corrected chi connectivity index (χ1v) is 20.9. The Morgan fingerprint density at radius 2 is 1.90 bits per heavy atom. The summed E-state index contributed by atoms with van der Waals surface area (Å²) >= 11 is 0. The van der Waals surface area contributed by atoms with Gasteiger partial charge in [-0.25, -0.2) is 0 Å². The molecular weight excluding hydrogens is 681 g/mol. The number of methoxy groups -OCH3 is 1. The van der Waals surface area contributed by atoms with Gasteiger partial charge in [0.1, 0.15) is 5.75 Å². The molecule has 0 radical (unpaired) electrons. The number of nitro groups is 1. The minimum atomic E-state index is -2.46. The number of benzene rings is 3. The number of non-ortho nitro benzene ring substituents is 1. The Balaban J connectivity index is 1.30. The predicted octanol–water partition coefficient (Wildman–Crippen LogP) is 4.71. The Morgan fingerprint density at radius 1 is 1.12 bits per heavy atom. The largest absolute Gasteiger partial charge is 0.497 e. The van der Waals surface area contributed by atoms with E-state index in [0.29, 0.717) is 49.3 Å². The summed E-state index contributed by atoms with van der Waals surface area (Å²) in [5.74, 6) is 0.226. The van der Waals surface area contributed by atoms with E-state index in [4.69, 9.17) is 9.47 Å². The van der Waals surface area contributed by atoms with E-state index in [2.05, 4.69) is 42.5 Å². The molecule has 1 spiro atoms. The number of amides is 2. The Labute approximate surface area is 303 Å². The number of aliphatic hydroxyl groups excluding tert-OH is 1. The first kappa shape index (κ1) is 35.5. The van der Waals surface area contributed by atoms with Crippen LogP contribution in [0.3, 0.4) is 0 Å². The number of aryl methyl sites for hydroxylation is 1. The number of aliphatic hydroxyl groups is 1. The number of carbonyl (C=O) groups excluding carboxylic acids is 2. The Hall–Kier alpha value is -4.92. The zero-order chi connectivity index (χ0) is 36.8. The van der Waals surface area contributed by atoms with Crippen molar-refractivity contribution >= 4 is 42.1 Å². The molecular formula is C38H44N6O7Si. The number of carbonyl (C=O) groups is 2. The molecule has 3 aliphatic rings. The van der Waals surface area contributed by atoms with E-state index >= 15 is 4.79 Å². The van der Waals surface area contributed by atoms with Crippen molar-refractivity contribution < 1.29 is 29.1 Å². The van der Waals surface area contributed by atoms with E-state index in [9.17, 15) is 20.0 Å². The van der Waals surface area contributed by atoms with Crippen molar-refractivity contribution in [3.63, 3.8) is 0 Å². The van der Waals surface area contributed by atoms with Gasteiger partial charge in [-0.05, 0) is 54.3 Å². The minimum absolute atomic E-state index is 0.0287. The molecule has 2 amide bonds. The van der Waals surface area contributed by atoms with Crippen LogP contribution in [0.2, 0.25) is 18.6 Å². The number of nitrogens with zero attached hydrogens (tertiary/aromatic N) is 6. The van der Waals surface area contributed by atoms with Gasteiger partial charge in [0.25, 0.3) is 11.6 Å². The van der Waals surface area contributed by atoms with Gasteiger partial charge in [0.15, 0.2) is 5.60 Å². The fourth-order valence-electron chi connectivity index (χ4n) is 8.70. The zero-order valence-electron chi connectivity index (χ0n) is 29.9. The monoisotopic (exact) mass is 724 g/mol. The van der Waals surface area contributed by atoms with Crippen LogP contribution in [0.15, 0.2) is 72.9 Å². The molecule has 7 rings (SSSR count). The quantitative estimate of drug-likeness (QED) is 0.124. The molecule has 0 unspecified atom stereocenters. The summed E-state index contributed by atoms with van der Waals surface area (Å²) < 4.78 is 14.4. The number of rotatable bonds is 12. The van der Waals surface area contributed by atoms with E-state index < -0.39 is 24.7 Å². The number of hydrogen-bond acceptors (Lipinski definition) is 9. The van der Waals surface area contributed by atoms with E-state index in [1.54, 1.807) is 27.7 Å². The van der Waals surface area contributed by atoms with Crippen LogP contribution in [0.4, 0.5) is 17.1 Å². The van der Waals surface area contributed by atoms with E-state index in [0.717, 1.165) is 23.4 Å². The molecule has 2 fully saturated rings. The minimum Gasteiger partial charge on any atom is -0.497 e. The smallest absolute Gasteiger partial charge is 0.269 e. The summed E-state index contributed by atoms with van der Waals surface area (Å²) in [4.78, 5) is 42.9. The van der Waals surface area contributed by atoms with Gasteiger partial charge in [-0.3, -0.25) is 24.4 Å². The van der Waals surface area contributed by atoms with Gasteiger partial charge in [0, 0.05) is 68.0 Å². The van der Waals surface area contributed by atoms with Crippen LogP contribution in [0.1, 0.15) is 43.0 Å². The molecule has 1 N–H and O–H groups in total. The van der Waals surface area contributed by atoms with Crippen LogP contribution in [0, 0.1) is 16.0 Å². The van der Waals surface area contributed by atoms with Gasteiger partial charge >= 0.3 is 0 Å². The third kappa shape index (κ3) is 6.07. The number of aromatic nitrogens is 3. The van der Waals surface area contributed by atoms with Gasteiger partial charge in [-0.1, -0.05) is 54.7 Å². The van der Waals surface area contributed by atoms with E-state index in [1.165, 1.54) is 17.3 Å².